The molecule has 0 spiro atoms. The van der Waals surface area contributed by atoms with Crippen molar-refractivity contribution in [2.75, 3.05) is 31.1 Å². The first-order chi connectivity index (χ1) is 17.3. The molecule has 10 nitrogen and oxygen atoms in total. The van der Waals surface area contributed by atoms with Gasteiger partial charge in [0.1, 0.15) is 17.8 Å². The van der Waals surface area contributed by atoms with Crippen LogP contribution in [0.3, 0.4) is 0 Å². The Kier molecular flexibility index (Phi) is 6.04. The molecule has 1 aliphatic heterocycles. The molecule has 5 rings (SSSR count). The van der Waals surface area contributed by atoms with Crippen LogP contribution in [0.2, 0.25) is 0 Å². The number of halogens is 3. The van der Waals surface area contributed by atoms with E-state index in [1.807, 2.05) is 4.90 Å². The van der Waals surface area contributed by atoms with Gasteiger partial charge < -0.3 is 9.80 Å². The van der Waals surface area contributed by atoms with Crippen LogP contribution in [0.1, 0.15) is 5.69 Å². The second-order valence-corrected chi connectivity index (χ2v) is 8.13. The third-order valence-corrected chi connectivity index (χ3v) is 5.86. The highest BCUT2D eigenvalue weighted by molar-refractivity contribution is 5.83. The Balaban J connectivity index is 1.32. The molecule has 1 amide bonds. The Labute approximate surface area is 202 Å². The van der Waals surface area contributed by atoms with E-state index in [0.717, 1.165) is 16.9 Å². The minimum Gasteiger partial charge on any atom is -0.338 e. The smallest absolute Gasteiger partial charge is 0.338 e. The number of aromatic nitrogens is 6. The zero-order valence-electron chi connectivity index (χ0n) is 18.8. The van der Waals surface area contributed by atoms with Crippen LogP contribution >= 0.6 is 0 Å². The van der Waals surface area contributed by atoms with E-state index in [4.69, 9.17) is 0 Å². The number of benzene rings is 1. The van der Waals surface area contributed by atoms with Crippen molar-refractivity contribution in [2.24, 2.45) is 0 Å². The Morgan fingerprint density at radius 3 is 2.33 bits per heavy atom. The van der Waals surface area contributed by atoms with Crippen molar-refractivity contribution in [1.82, 2.24) is 34.8 Å². The number of hydrogen-bond donors (Lipinski definition) is 0. The summed E-state index contributed by atoms with van der Waals surface area (Å²) in [6.07, 6.45) is -0.130. The summed E-state index contributed by atoms with van der Waals surface area (Å²) in [7, 11) is 0. The lowest BCUT2D eigenvalue weighted by molar-refractivity contribution is -0.141. The van der Waals surface area contributed by atoms with Crippen LogP contribution in [0.25, 0.3) is 22.0 Å². The van der Waals surface area contributed by atoms with E-state index >= 15 is 0 Å². The van der Waals surface area contributed by atoms with Crippen molar-refractivity contribution in [3.05, 3.63) is 71.0 Å². The zero-order valence-corrected chi connectivity index (χ0v) is 18.8. The molecule has 1 aromatic carbocycles. The Hall–Kier alpha value is -4.42. The lowest BCUT2D eigenvalue weighted by Gasteiger charge is -2.34. The van der Waals surface area contributed by atoms with Crippen LogP contribution in [0, 0.1) is 0 Å². The maximum atomic E-state index is 13.1. The number of piperazine rings is 1. The van der Waals surface area contributed by atoms with E-state index in [2.05, 4.69) is 25.3 Å². The van der Waals surface area contributed by atoms with Gasteiger partial charge in [-0.3, -0.25) is 14.6 Å². The first-order valence-corrected chi connectivity index (χ1v) is 11.0. The number of fused-ring (bicyclic) bond motifs is 1. The second-order valence-electron chi connectivity index (χ2n) is 8.13. The topological polar surface area (TPSA) is 110 Å². The molecule has 1 aliphatic rings. The van der Waals surface area contributed by atoms with Crippen LogP contribution < -0.4 is 10.5 Å². The van der Waals surface area contributed by atoms with Crippen LogP contribution in [0.5, 0.6) is 0 Å². The van der Waals surface area contributed by atoms with E-state index in [1.54, 1.807) is 35.5 Å². The van der Waals surface area contributed by atoms with Gasteiger partial charge in [0.2, 0.25) is 11.9 Å². The highest BCUT2D eigenvalue weighted by atomic mass is 19.4. The number of carbonyl (C=O) groups is 1. The molecular formula is C23H19F3N8O2. The van der Waals surface area contributed by atoms with E-state index in [0.29, 0.717) is 48.8 Å². The fraction of sp³-hybridized carbons (Fsp3) is 0.261. The SMILES string of the molecule is O=C(Cn1nnc2ccc(-c3ccc(C(F)(F)F)nc3)cc2c1=O)N1CCN(c2ncccn2)CC1. The molecule has 3 aromatic heterocycles. The second kappa shape index (κ2) is 9.32. The van der Waals surface area contributed by atoms with E-state index in [1.165, 1.54) is 12.1 Å². The molecular weight excluding hydrogens is 477 g/mol. The van der Waals surface area contributed by atoms with Crippen molar-refractivity contribution in [1.29, 1.82) is 0 Å². The summed E-state index contributed by atoms with van der Waals surface area (Å²) in [6, 6.07) is 8.57. The number of hydrogen-bond acceptors (Lipinski definition) is 8. The lowest BCUT2D eigenvalue weighted by atomic mass is 10.1. The molecule has 1 fully saturated rings. The van der Waals surface area contributed by atoms with Crippen LogP contribution in [-0.4, -0.2) is 66.9 Å². The summed E-state index contributed by atoms with van der Waals surface area (Å²) in [6.45, 7) is 1.71. The number of anilines is 1. The first kappa shape index (κ1) is 23.3. The van der Waals surface area contributed by atoms with Gasteiger partial charge in [-0.2, -0.15) is 13.2 Å². The number of amides is 1. The van der Waals surface area contributed by atoms with Gasteiger partial charge in [-0.25, -0.2) is 14.6 Å². The van der Waals surface area contributed by atoms with Gasteiger partial charge in [-0.05, 0) is 29.8 Å². The maximum absolute atomic E-state index is 13.1. The quantitative estimate of drug-likeness (QED) is 0.422. The minimum atomic E-state index is -4.54. The third-order valence-electron chi connectivity index (χ3n) is 5.86. The van der Waals surface area contributed by atoms with Gasteiger partial charge in [-0.15, -0.1) is 5.10 Å². The first-order valence-electron chi connectivity index (χ1n) is 11.0. The minimum absolute atomic E-state index is 0.196. The largest absolute Gasteiger partial charge is 0.433 e. The molecule has 0 atom stereocenters. The zero-order chi connectivity index (χ0) is 25.3. The Bertz CT molecular complexity index is 1450. The molecule has 4 aromatic rings. The van der Waals surface area contributed by atoms with Crippen LogP contribution in [0.4, 0.5) is 19.1 Å². The van der Waals surface area contributed by atoms with Gasteiger partial charge in [0.05, 0.1) is 5.39 Å². The van der Waals surface area contributed by atoms with Gasteiger partial charge in [0.25, 0.3) is 5.56 Å². The summed E-state index contributed by atoms with van der Waals surface area (Å²) in [4.78, 5) is 41.4. The van der Waals surface area contributed by atoms with Gasteiger partial charge in [0, 0.05) is 50.3 Å². The Morgan fingerprint density at radius 2 is 1.67 bits per heavy atom. The van der Waals surface area contributed by atoms with Crippen molar-refractivity contribution >= 4 is 22.8 Å². The van der Waals surface area contributed by atoms with Crippen LogP contribution in [0.15, 0.2) is 59.8 Å². The van der Waals surface area contributed by atoms with Crippen LogP contribution in [-0.2, 0) is 17.5 Å². The fourth-order valence-corrected chi connectivity index (χ4v) is 3.93. The van der Waals surface area contributed by atoms with Gasteiger partial charge in [0.15, 0.2) is 0 Å². The standard InChI is InChI=1S/C23H19F3N8O2/c24-23(25,26)19-5-3-16(13-29-19)15-2-4-18-17(12-15)21(36)34(31-30-18)14-20(35)32-8-10-33(11-9-32)22-27-6-1-7-28-22/h1-7,12-13H,8-11,14H2. The molecule has 0 aliphatic carbocycles. The number of pyridine rings is 1. The maximum Gasteiger partial charge on any atom is 0.433 e. The summed E-state index contributed by atoms with van der Waals surface area (Å²) in [5.74, 6) is 0.322. The Morgan fingerprint density at radius 1 is 0.944 bits per heavy atom. The van der Waals surface area contributed by atoms with Gasteiger partial charge in [-0.1, -0.05) is 17.3 Å². The van der Waals surface area contributed by atoms with Crippen molar-refractivity contribution in [3.63, 3.8) is 0 Å². The highest BCUT2D eigenvalue weighted by Gasteiger charge is 2.32. The third kappa shape index (κ3) is 4.72. The number of rotatable bonds is 4. The summed E-state index contributed by atoms with van der Waals surface area (Å²) < 4.78 is 39.4. The molecule has 13 heteroatoms. The predicted molar refractivity (Wildman–Crippen MR) is 123 cm³/mol. The average molecular weight is 496 g/mol. The summed E-state index contributed by atoms with van der Waals surface area (Å²) in [5.41, 5.74) is -0.318. The van der Waals surface area contributed by atoms with Crippen molar-refractivity contribution in [2.45, 2.75) is 12.7 Å². The van der Waals surface area contributed by atoms with E-state index < -0.39 is 17.4 Å². The molecule has 0 saturated carbocycles. The molecule has 1 saturated heterocycles. The molecule has 0 radical (unpaired) electrons. The molecule has 36 heavy (non-hydrogen) atoms. The number of alkyl halides is 3. The predicted octanol–water partition coefficient (Wildman–Crippen LogP) is 2.01. The molecule has 4 heterocycles. The number of carbonyl (C=O) groups excluding carboxylic acids is 1. The normalized spacial score (nSPS) is 14.3. The van der Waals surface area contributed by atoms with E-state index in [9.17, 15) is 22.8 Å². The highest BCUT2D eigenvalue weighted by Crippen LogP contribution is 2.29. The average Bonchev–Trinajstić information content (AvgIpc) is 2.90. The molecule has 0 unspecified atom stereocenters. The van der Waals surface area contributed by atoms with E-state index in [-0.39, 0.29) is 17.8 Å². The monoisotopic (exact) mass is 496 g/mol. The lowest BCUT2D eigenvalue weighted by Crippen LogP contribution is -2.50. The molecule has 0 N–H and O–H groups in total. The van der Waals surface area contributed by atoms with Gasteiger partial charge >= 0.3 is 6.18 Å². The summed E-state index contributed by atoms with van der Waals surface area (Å²) in [5, 5.41) is 8.11. The molecule has 184 valence electrons. The van der Waals surface area contributed by atoms with Crippen molar-refractivity contribution < 1.29 is 18.0 Å². The fourth-order valence-electron chi connectivity index (χ4n) is 3.93. The summed E-state index contributed by atoms with van der Waals surface area (Å²) >= 11 is 0. The molecule has 0 bridgehead atoms. The number of nitrogens with zero attached hydrogens (tertiary/aromatic N) is 8. The van der Waals surface area contributed by atoms with Crippen molar-refractivity contribution in [3.8, 4) is 11.1 Å².